The number of nitrogens with zero attached hydrogens (tertiary/aromatic N) is 1. The van der Waals surface area contributed by atoms with Gasteiger partial charge in [0.05, 0.1) is 19.6 Å². The van der Waals surface area contributed by atoms with Crippen LogP contribution >= 0.6 is 50.3 Å². The van der Waals surface area contributed by atoms with Crippen molar-refractivity contribution in [3.8, 4) is 11.5 Å². The minimum atomic E-state index is -1.10. The van der Waals surface area contributed by atoms with E-state index in [9.17, 15) is 19.2 Å². The number of carbonyl (C=O) groups is 4. The van der Waals surface area contributed by atoms with Crippen molar-refractivity contribution in [3.05, 3.63) is 54.9 Å². The Labute approximate surface area is 221 Å². The summed E-state index contributed by atoms with van der Waals surface area (Å²) in [6.45, 7) is 1.48. The molecule has 0 bridgehead atoms. The van der Waals surface area contributed by atoms with Crippen LogP contribution in [0, 0.1) is 3.57 Å². The number of carbonyl (C=O) groups excluding carboxylic acids is 3. The fourth-order valence-corrected chi connectivity index (χ4v) is 5.47. The van der Waals surface area contributed by atoms with Gasteiger partial charge in [0.25, 0.3) is 11.1 Å². The van der Waals surface area contributed by atoms with Crippen LogP contribution in [0.1, 0.15) is 12.5 Å². The summed E-state index contributed by atoms with van der Waals surface area (Å²) in [4.78, 5) is 49.3. The maximum absolute atomic E-state index is 12.8. The Morgan fingerprint density at radius 3 is 2.53 bits per heavy atom. The van der Waals surface area contributed by atoms with Crippen LogP contribution < -0.4 is 14.8 Å². The van der Waals surface area contributed by atoms with Gasteiger partial charge < -0.3 is 19.9 Å². The molecule has 2 aromatic rings. The summed E-state index contributed by atoms with van der Waals surface area (Å²) in [7, 11) is 0. The molecule has 3 amide bonds. The zero-order valence-electron chi connectivity index (χ0n) is 17.7. The Kier molecular flexibility index (Phi) is 8.97. The topological polar surface area (TPSA) is 122 Å². The number of halogens is 2. The first-order chi connectivity index (χ1) is 16.2. The molecule has 0 saturated carbocycles. The van der Waals surface area contributed by atoms with Crippen molar-refractivity contribution in [1.29, 1.82) is 0 Å². The van der Waals surface area contributed by atoms with Gasteiger partial charge in [-0.25, -0.2) is 4.79 Å². The third kappa shape index (κ3) is 6.73. The van der Waals surface area contributed by atoms with Crippen molar-refractivity contribution in [2.24, 2.45) is 0 Å². The molecule has 0 aromatic heterocycles. The lowest BCUT2D eigenvalue weighted by atomic mass is 10.2. The van der Waals surface area contributed by atoms with E-state index in [2.05, 4.69) is 21.2 Å². The van der Waals surface area contributed by atoms with Crippen LogP contribution in [0.3, 0.4) is 0 Å². The van der Waals surface area contributed by atoms with Gasteiger partial charge in [-0.3, -0.25) is 19.3 Å². The predicted molar refractivity (Wildman–Crippen MR) is 139 cm³/mol. The van der Waals surface area contributed by atoms with Crippen molar-refractivity contribution in [2.75, 3.05) is 25.1 Å². The number of hydrogen-bond acceptors (Lipinski definition) is 7. The highest BCUT2D eigenvalue weighted by Crippen LogP contribution is 2.36. The summed E-state index contributed by atoms with van der Waals surface area (Å²) in [5, 5.41) is 10.9. The number of hydrogen-bond donors (Lipinski definition) is 2. The fraction of sp³-hybridized carbons (Fsp3) is 0.182. The Hall–Kier alpha value is -2.58. The van der Waals surface area contributed by atoms with Gasteiger partial charge in [0.15, 0.2) is 6.61 Å². The highest BCUT2D eigenvalue weighted by Gasteiger charge is 2.36. The Balaban J connectivity index is 1.68. The van der Waals surface area contributed by atoms with Crippen molar-refractivity contribution in [1.82, 2.24) is 4.90 Å². The summed E-state index contributed by atoms with van der Waals surface area (Å²) >= 11 is 6.05. The first-order valence-electron chi connectivity index (χ1n) is 9.79. The van der Waals surface area contributed by atoms with Crippen LogP contribution in [0.4, 0.5) is 10.5 Å². The molecule has 1 heterocycles. The number of carboxylic acid groups (broad SMARTS) is 1. The maximum Gasteiger partial charge on any atom is 0.341 e. The maximum atomic E-state index is 12.8. The van der Waals surface area contributed by atoms with Crippen LogP contribution in [-0.4, -0.2) is 52.8 Å². The van der Waals surface area contributed by atoms with E-state index in [0.717, 1.165) is 16.7 Å². The molecule has 1 fully saturated rings. The summed E-state index contributed by atoms with van der Waals surface area (Å²) < 4.78 is 11.7. The number of rotatable bonds is 9. The second-order valence-electron chi connectivity index (χ2n) is 6.77. The molecule has 3 rings (SSSR count). The van der Waals surface area contributed by atoms with Crippen molar-refractivity contribution in [2.45, 2.75) is 6.92 Å². The van der Waals surface area contributed by atoms with Crippen LogP contribution in [0.5, 0.6) is 11.5 Å². The highest BCUT2D eigenvalue weighted by atomic mass is 127. The number of aliphatic carboxylic acids is 1. The van der Waals surface area contributed by atoms with Gasteiger partial charge >= 0.3 is 5.97 Å². The lowest BCUT2D eigenvalue weighted by molar-refractivity contribution is -0.139. The zero-order chi connectivity index (χ0) is 24.8. The number of ether oxygens (including phenoxy) is 2. The lowest BCUT2D eigenvalue weighted by Crippen LogP contribution is -2.36. The van der Waals surface area contributed by atoms with Gasteiger partial charge in [0.1, 0.15) is 18.0 Å². The first kappa shape index (κ1) is 26.0. The molecule has 0 radical (unpaired) electrons. The normalized spacial score (nSPS) is 14.4. The van der Waals surface area contributed by atoms with E-state index in [1.165, 1.54) is 6.08 Å². The molecule has 2 N–H and O–H groups in total. The minimum Gasteiger partial charge on any atom is -0.494 e. The number of thioether (sulfide) groups is 1. The number of amides is 3. The third-order valence-electron chi connectivity index (χ3n) is 4.28. The van der Waals surface area contributed by atoms with Gasteiger partial charge in [0, 0.05) is 5.69 Å². The SMILES string of the molecule is CCOc1ccc(NC(=O)CN2C(=O)S/C(=C/c3cc(Br)c(OCC(=O)O)c(I)c3)C2=O)cc1. The number of benzene rings is 2. The monoisotopic (exact) mass is 660 g/mol. The molecular formula is C22H18BrIN2O7S. The van der Waals surface area contributed by atoms with E-state index in [4.69, 9.17) is 14.6 Å². The third-order valence-corrected chi connectivity index (χ3v) is 6.58. The van der Waals surface area contributed by atoms with Crippen molar-refractivity contribution >= 4 is 85.1 Å². The molecule has 9 nitrogen and oxygen atoms in total. The van der Waals surface area contributed by atoms with Crippen molar-refractivity contribution in [3.63, 3.8) is 0 Å². The highest BCUT2D eigenvalue weighted by molar-refractivity contribution is 14.1. The Bertz CT molecular complexity index is 1150. The first-order valence-corrected chi connectivity index (χ1v) is 12.5. The molecule has 178 valence electrons. The van der Waals surface area contributed by atoms with E-state index in [0.29, 0.717) is 37.4 Å². The van der Waals surface area contributed by atoms with Crippen LogP contribution in [0.25, 0.3) is 6.08 Å². The number of anilines is 1. The Morgan fingerprint density at radius 2 is 1.91 bits per heavy atom. The largest absolute Gasteiger partial charge is 0.494 e. The van der Waals surface area contributed by atoms with Crippen molar-refractivity contribution < 1.29 is 33.8 Å². The molecular weight excluding hydrogens is 643 g/mol. The number of nitrogens with one attached hydrogen (secondary N) is 1. The van der Waals surface area contributed by atoms with Crippen LogP contribution in [0.15, 0.2) is 45.8 Å². The fourth-order valence-electron chi connectivity index (χ4n) is 2.87. The molecule has 0 spiro atoms. The van der Waals surface area contributed by atoms with E-state index in [1.807, 2.05) is 29.5 Å². The van der Waals surface area contributed by atoms with E-state index in [-0.39, 0.29) is 4.91 Å². The quantitative estimate of drug-likeness (QED) is 0.296. The van der Waals surface area contributed by atoms with E-state index >= 15 is 0 Å². The molecule has 1 saturated heterocycles. The molecule has 1 aliphatic rings. The molecule has 12 heteroatoms. The van der Waals surface area contributed by atoms with Crippen LogP contribution in [0.2, 0.25) is 0 Å². The molecule has 1 aliphatic heterocycles. The molecule has 0 aliphatic carbocycles. The van der Waals surface area contributed by atoms with Gasteiger partial charge in [-0.1, -0.05) is 0 Å². The van der Waals surface area contributed by atoms with Gasteiger partial charge in [-0.2, -0.15) is 0 Å². The zero-order valence-corrected chi connectivity index (χ0v) is 22.2. The number of imide groups is 1. The van der Waals surface area contributed by atoms with Gasteiger partial charge in [-0.05, 0) is 105 Å². The second-order valence-corrected chi connectivity index (χ2v) is 9.78. The standard InChI is InChI=1S/C22H18BrIN2O7S/c1-2-32-14-5-3-13(4-6-14)25-18(27)10-26-21(30)17(34-22(26)31)9-12-7-15(23)20(16(24)8-12)33-11-19(28)29/h3-9H,2,10-11H2,1H3,(H,25,27)(H,28,29)/b17-9+. The molecule has 0 unspecified atom stereocenters. The smallest absolute Gasteiger partial charge is 0.341 e. The molecule has 2 aromatic carbocycles. The van der Waals surface area contributed by atoms with Crippen LogP contribution in [-0.2, 0) is 14.4 Å². The molecule has 34 heavy (non-hydrogen) atoms. The lowest BCUT2D eigenvalue weighted by Gasteiger charge is -2.13. The summed E-state index contributed by atoms with van der Waals surface area (Å²) in [6.07, 6.45) is 1.53. The Morgan fingerprint density at radius 1 is 1.21 bits per heavy atom. The van der Waals surface area contributed by atoms with E-state index in [1.54, 1.807) is 36.4 Å². The van der Waals surface area contributed by atoms with Gasteiger partial charge in [0.2, 0.25) is 5.91 Å². The summed E-state index contributed by atoms with van der Waals surface area (Å²) in [6, 6.07) is 10.1. The van der Waals surface area contributed by atoms with E-state index < -0.39 is 36.2 Å². The predicted octanol–water partition coefficient (Wildman–Crippen LogP) is 4.59. The second kappa shape index (κ2) is 11.7. The van der Waals surface area contributed by atoms with Gasteiger partial charge in [-0.15, -0.1) is 0 Å². The summed E-state index contributed by atoms with van der Waals surface area (Å²) in [5.74, 6) is -1.16. The minimum absolute atomic E-state index is 0.167. The average Bonchev–Trinajstić information content (AvgIpc) is 3.02. The average molecular weight is 661 g/mol. The number of carboxylic acids is 1. The summed E-state index contributed by atoms with van der Waals surface area (Å²) in [5.41, 5.74) is 1.11. The molecule has 0 atom stereocenters.